The molecule has 0 atom stereocenters. The number of hydrogen-bond donors (Lipinski definition) is 3. The van der Waals surface area contributed by atoms with E-state index in [2.05, 4.69) is 5.32 Å². The van der Waals surface area contributed by atoms with E-state index in [1.807, 2.05) is 6.92 Å². The molecule has 3 N–H and O–H groups in total. The lowest BCUT2D eigenvalue weighted by Gasteiger charge is -2.35. The molecule has 4 heteroatoms. The topological polar surface area (TPSA) is 69.6 Å². The monoisotopic (exact) mass is 173 g/mol. The number of hydrogen-bond acceptors (Lipinski definition) is 2. The molecule has 0 aromatic rings. The Morgan fingerprint density at radius 1 is 1.50 bits per heavy atom. The van der Waals surface area contributed by atoms with Crippen LogP contribution in [0.1, 0.15) is 32.6 Å². The van der Waals surface area contributed by atoms with Crippen molar-refractivity contribution < 1.29 is 15.0 Å². The summed E-state index contributed by atoms with van der Waals surface area (Å²) in [4.78, 5) is 10.4. The molecule has 4 nitrogen and oxygen atoms in total. The average molecular weight is 173 g/mol. The highest BCUT2D eigenvalue weighted by molar-refractivity contribution is 5.65. The van der Waals surface area contributed by atoms with Crippen LogP contribution in [-0.4, -0.2) is 27.9 Å². The molecule has 1 aliphatic rings. The lowest BCUT2D eigenvalue weighted by atomic mass is 9.82. The number of rotatable bonds is 1. The lowest BCUT2D eigenvalue weighted by Crippen LogP contribution is -2.48. The highest BCUT2D eigenvalue weighted by Gasteiger charge is 2.31. The predicted octanol–water partition coefficient (Wildman–Crippen LogP) is 0.948. The van der Waals surface area contributed by atoms with Crippen molar-refractivity contribution in [2.45, 2.75) is 44.2 Å². The van der Waals surface area contributed by atoms with Crippen LogP contribution in [0, 0.1) is 0 Å². The van der Waals surface area contributed by atoms with Crippen LogP contribution in [0.15, 0.2) is 0 Å². The van der Waals surface area contributed by atoms with Gasteiger partial charge in [0.05, 0.1) is 6.10 Å². The molecular weight excluding hydrogens is 158 g/mol. The average Bonchev–Trinajstić information content (AvgIpc) is 1.94. The highest BCUT2D eigenvalue weighted by atomic mass is 16.4. The van der Waals surface area contributed by atoms with Crippen LogP contribution >= 0.6 is 0 Å². The second-order valence-electron chi connectivity index (χ2n) is 3.72. The Kier molecular flexibility index (Phi) is 2.57. The van der Waals surface area contributed by atoms with Crippen molar-refractivity contribution in [1.29, 1.82) is 0 Å². The van der Waals surface area contributed by atoms with Crippen molar-refractivity contribution in [3.8, 4) is 0 Å². The van der Waals surface area contributed by atoms with Crippen LogP contribution in [0.25, 0.3) is 0 Å². The molecule has 70 valence electrons. The summed E-state index contributed by atoms with van der Waals surface area (Å²) in [5.74, 6) is 0. The zero-order valence-electron chi connectivity index (χ0n) is 7.21. The van der Waals surface area contributed by atoms with Crippen molar-refractivity contribution in [1.82, 2.24) is 5.32 Å². The third-order valence-electron chi connectivity index (χ3n) is 2.47. The predicted molar refractivity (Wildman–Crippen MR) is 44.0 cm³/mol. The minimum atomic E-state index is -0.978. The molecule has 0 saturated heterocycles. The maximum Gasteiger partial charge on any atom is 0.405 e. The Hall–Kier alpha value is -0.770. The second kappa shape index (κ2) is 3.31. The molecule has 0 aliphatic heterocycles. The van der Waals surface area contributed by atoms with E-state index in [1.165, 1.54) is 0 Å². The molecule has 1 fully saturated rings. The standard InChI is InChI=1S/C8H15NO3/c1-8(9-7(11)12)4-2-6(10)3-5-8/h6,9-10H,2-5H2,1H3,(H,11,12)/t6-,8+. The number of amides is 1. The number of carbonyl (C=O) groups is 1. The summed E-state index contributed by atoms with van der Waals surface area (Å²) in [5.41, 5.74) is -0.328. The maximum atomic E-state index is 10.4. The minimum absolute atomic E-state index is 0.242. The smallest absolute Gasteiger partial charge is 0.405 e. The van der Waals surface area contributed by atoms with Gasteiger partial charge in [0, 0.05) is 5.54 Å². The van der Waals surface area contributed by atoms with E-state index in [-0.39, 0.29) is 11.6 Å². The quantitative estimate of drug-likeness (QED) is 0.553. The van der Waals surface area contributed by atoms with Crippen LogP contribution in [-0.2, 0) is 0 Å². The van der Waals surface area contributed by atoms with E-state index >= 15 is 0 Å². The van der Waals surface area contributed by atoms with E-state index in [9.17, 15) is 9.90 Å². The minimum Gasteiger partial charge on any atom is -0.465 e. The van der Waals surface area contributed by atoms with Crippen LogP contribution in [0.4, 0.5) is 4.79 Å². The maximum absolute atomic E-state index is 10.4. The van der Waals surface area contributed by atoms with Crippen molar-refractivity contribution in [2.75, 3.05) is 0 Å². The molecule has 1 amide bonds. The zero-order valence-corrected chi connectivity index (χ0v) is 7.21. The van der Waals surface area contributed by atoms with E-state index in [0.29, 0.717) is 12.8 Å². The van der Waals surface area contributed by atoms with Gasteiger partial charge in [0.25, 0.3) is 0 Å². The fourth-order valence-electron chi connectivity index (χ4n) is 1.62. The van der Waals surface area contributed by atoms with Gasteiger partial charge in [-0.3, -0.25) is 0 Å². The van der Waals surface area contributed by atoms with Crippen LogP contribution in [0.5, 0.6) is 0 Å². The van der Waals surface area contributed by atoms with E-state index in [4.69, 9.17) is 5.11 Å². The Morgan fingerprint density at radius 2 is 2.00 bits per heavy atom. The van der Waals surface area contributed by atoms with Crippen molar-refractivity contribution in [3.05, 3.63) is 0 Å². The highest BCUT2D eigenvalue weighted by Crippen LogP contribution is 2.27. The fourth-order valence-corrected chi connectivity index (χ4v) is 1.62. The Labute approximate surface area is 71.6 Å². The van der Waals surface area contributed by atoms with Crippen LogP contribution in [0.3, 0.4) is 0 Å². The molecule has 1 rings (SSSR count). The molecule has 1 saturated carbocycles. The molecule has 1 aliphatic carbocycles. The summed E-state index contributed by atoms with van der Waals surface area (Å²) in [6.07, 6.45) is 1.61. The largest absolute Gasteiger partial charge is 0.465 e. The summed E-state index contributed by atoms with van der Waals surface area (Å²) < 4.78 is 0. The van der Waals surface area contributed by atoms with Crippen LogP contribution in [0.2, 0.25) is 0 Å². The number of aliphatic hydroxyl groups excluding tert-OH is 1. The van der Waals surface area contributed by atoms with Gasteiger partial charge in [0.2, 0.25) is 0 Å². The van der Waals surface area contributed by atoms with Gasteiger partial charge >= 0.3 is 6.09 Å². The van der Waals surface area contributed by atoms with Gasteiger partial charge in [-0.25, -0.2) is 4.79 Å². The summed E-state index contributed by atoms with van der Waals surface area (Å²) in [5, 5.41) is 20.2. The second-order valence-corrected chi connectivity index (χ2v) is 3.72. The SMILES string of the molecule is C[C@]1(NC(=O)O)CC[C@@H](O)CC1. The molecule has 0 bridgehead atoms. The Morgan fingerprint density at radius 3 is 2.42 bits per heavy atom. The molecule has 0 aromatic heterocycles. The van der Waals surface area contributed by atoms with Crippen molar-refractivity contribution in [2.24, 2.45) is 0 Å². The number of nitrogens with one attached hydrogen (secondary N) is 1. The molecule has 0 unspecified atom stereocenters. The van der Waals surface area contributed by atoms with Crippen LogP contribution < -0.4 is 5.32 Å². The molecule has 0 spiro atoms. The van der Waals surface area contributed by atoms with Gasteiger partial charge in [-0.05, 0) is 32.6 Å². The van der Waals surface area contributed by atoms with Gasteiger partial charge in [-0.15, -0.1) is 0 Å². The summed E-state index contributed by atoms with van der Waals surface area (Å²) in [6.45, 7) is 1.88. The van der Waals surface area contributed by atoms with E-state index < -0.39 is 6.09 Å². The zero-order chi connectivity index (χ0) is 9.19. The van der Waals surface area contributed by atoms with Gasteiger partial charge in [0.1, 0.15) is 0 Å². The summed E-state index contributed by atoms with van der Waals surface area (Å²) in [7, 11) is 0. The number of aliphatic hydroxyl groups is 1. The van der Waals surface area contributed by atoms with Gasteiger partial charge in [-0.1, -0.05) is 0 Å². The Balaban J connectivity index is 2.44. The molecule has 0 radical (unpaired) electrons. The third-order valence-corrected chi connectivity index (χ3v) is 2.47. The molecule has 12 heavy (non-hydrogen) atoms. The molecule has 0 aromatic carbocycles. The van der Waals surface area contributed by atoms with Crippen molar-refractivity contribution in [3.63, 3.8) is 0 Å². The summed E-state index contributed by atoms with van der Waals surface area (Å²) >= 11 is 0. The van der Waals surface area contributed by atoms with Gasteiger partial charge < -0.3 is 15.5 Å². The first kappa shape index (κ1) is 9.32. The third kappa shape index (κ3) is 2.37. The fraction of sp³-hybridized carbons (Fsp3) is 0.875. The Bertz CT molecular complexity index is 173. The van der Waals surface area contributed by atoms with Gasteiger partial charge in [-0.2, -0.15) is 0 Å². The molecule has 0 heterocycles. The number of carboxylic acid groups (broad SMARTS) is 1. The molecular formula is C8H15NO3. The first-order valence-electron chi connectivity index (χ1n) is 4.21. The first-order valence-corrected chi connectivity index (χ1v) is 4.21. The summed E-state index contributed by atoms with van der Waals surface area (Å²) in [6, 6.07) is 0. The normalized spacial score (nSPS) is 36.0. The van der Waals surface area contributed by atoms with E-state index in [1.54, 1.807) is 0 Å². The van der Waals surface area contributed by atoms with Crippen molar-refractivity contribution >= 4 is 6.09 Å². The first-order chi connectivity index (χ1) is 5.52. The van der Waals surface area contributed by atoms with E-state index in [0.717, 1.165) is 12.8 Å². The van der Waals surface area contributed by atoms with Gasteiger partial charge in [0.15, 0.2) is 0 Å². The lowest BCUT2D eigenvalue weighted by molar-refractivity contribution is 0.0875.